The molecular formula is C23H31N3O3S. The van der Waals surface area contributed by atoms with Gasteiger partial charge in [-0.05, 0) is 48.9 Å². The minimum Gasteiger partial charge on any atom is -0.345 e. The van der Waals surface area contributed by atoms with Gasteiger partial charge in [-0.3, -0.25) is 9.78 Å². The van der Waals surface area contributed by atoms with Crippen LogP contribution in [0, 0.1) is 0 Å². The van der Waals surface area contributed by atoms with Crippen molar-refractivity contribution in [2.45, 2.75) is 51.5 Å². The average molecular weight is 430 g/mol. The van der Waals surface area contributed by atoms with Gasteiger partial charge in [0.1, 0.15) is 0 Å². The van der Waals surface area contributed by atoms with Crippen LogP contribution in [-0.4, -0.2) is 43.0 Å². The molecule has 0 aliphatic carbocycles. The van der Waals surface area contributed by atoms with Gasteiger partial charge in [-0.2, -0.15) is 0 Å². The topological polar surface area (TPSA) is 79.4 Å². The zero-order valence-corrected chi connectivity index (χ0v) is 18.9. The third kappa shape index (κ3) is 5.46. The summed E-state index contributed by atoms with van der Waals surface area (Å²) in [6.07, 6.45) is 4.35. The predicted octanol–water partition coefficient (Wildman–Crippen LogP) is 3.84. The minimum atomic E-state index is -3.13. The maximum atomic E-state index is 12.6. The number of amides is 1. The van der Waals surface area contributed by atoms with Crippen LogP contribution in [0.1, 0.15) is 78.7 Å². The summed E-state index contributed by atoms with van der Waals surface area (Å²) in [5.41, 5.74) is 3.78. The second-order valence-electron chi connectivity index (χ2n) is 8.42. The molecule has 0 unspecified atom stereocenters. The van der Waals surface area contributed by atoms with E-state index in [9.17, 15) is 13.2 Å². The molecule has 7 heteroatoms. The fraction of sp³-hybridized carbons (Fsp3) is 0.478. The maximum Gasteiger partial charge on any atom is 0.253 e. The van der Waals surface area contributed by atoms with Crippen LogP contribution >= 0.6 is 0 Å². The normalized spacial score (nSPS) is 17.1. The summed E-state index contributed by atoms with van der Waals surface area (Å²) in [5.74, 6) is 0.548. The lowest BCUT2D eigenvalue weighted by Crippen LogP contribution is -2.37. The summed E-state index contributed by atoms with van der Waals surface area (Å²) in [6.45, 7) is 7.32. The van der Waals surface area contributed by atoms with Gasteiger partial charge in [0.05, 0.1) is 17.9 Å². The number of carbonyl (C=O) groups excluding carboxylic acids is 1. The van der Waals surface area contributed by atoms with Gasteiger partial charge >= 0.3 is 0 Å². The molecule has 0 radical (unpaired) electrons. The highest BCUT2D eigenvalue weighted by Gasteiger charge is 2.26. The SMILES string of the molecule is CC(C)c1ccc([C@@H](C)NC(=O)c2ccc(C3CCN(S(C)(=O)=O)CC3)nc2)cc1. The van der Waals surface area contributed by atoms with Crippen LogP contribution in [0.3, 0.4) is 0 Å². The van der Waals surface area contributed by atoms with Gasteiger partial charge in [-0.25, -0.2) is 12.7 Å². The van der Waals surface area contributed by atoms with E-state index in [1.165, 1.54) is 16.1 Å². The van der Waals surface area contributed by atoms with Crippen molar-refractivity contribution in [1.82, 2.24) is 14.6 Å². The van der Waals surface area contributed by atoms with Crippen molar-refractivity contribution in [1.29, 1.82) is 0 Å². The van der Waals surface area contributed by atoms with Crippen molar-refractivity contribution in [3.05, 3.63) is 65.0 Å². The standard InChI is InChI=1S/C23H31N3O3S/c1-16(2)18-5-7-19(8-6-18)17(3)25-23(27)21-9-10-22(24-15-21)20-11-13-26(14-12-20)30(4,28)29/h5-10,15-17,20H,11-14H2,1-4H3,(H,25,27)/t17-/m1/s1. The second-order valence-corrected chi connectivity index (χ2v) is 10.4. The van der Waals surface area contributed by atoms with E-state index in [0.717, 1.165) is 24.1 Å². The Kier molecular flexibility index (Phi) is 6.93. The van der Waals surface area contributed by atoms with E-state index in [4.69, 9.17) is 0 Å². The third-order valence-electron chi connectivity index (χ3n) is 5.84. The molecule has 1 fully saturated rings. The molecule has 1 aromatic carbocycles. The molecule has 1 N–H and O–H groups in total. The molecule has 1 aliphatic heterocycles. The molecule has 1 atom stereocenters. The van der Waals surface area contributed by atoms with Gasteiger partial charge < -0.3 is 5.32 Å². The lowest BCUT2D eigenvalue weighted by Gasteiger charge is -2.29. The van der Waals surface area contributed by atoms with Crippen molar-refractivity contribution < 1.29 is 13.2 Å². The lowest BCUT2D eigenvalue weighted by atomic mass is 9.94. The van der Waals surface area contributed by atoms with E-state index >= 15 is 0 Å². The van der Waals surface area contributed by atoms with Crippen LogP contribution in [0.4, 0.5) is 0 Å². The van der Waals surface area contributed by atoms with Gasteiger partial charge in [0, 0.05) is 30.9 Å². The summed E-state index contributed by atoms with van der Waals surface area (Å²) in [6, 6.07) is 11.9. The summed E-state index contributed by atoms with van der Waals surface area (Å²) >= 11 is 0. The van der Waals surface area contributed by atoms with Gasteiger partial charge in [-0.1, -0.05) is 38.1 Å². The second kappa shape index (κ2) is 9.27. The number of rotatable bonds is 6. The van der Waals surface area contributed by atoms with Crippen LogP contribution in [0.5, 0.6) is 0 Å². The zero-order chi connectivity index (χ0) is 21.9. The molecule has 1 aliphatic rings. The van der Waals surface area contributed by atoms with E-state index in [2.05, 4.69) is 48.4 Å². The molecule has 6 nitrogen and oxygen atoms in total. The number of hydrogen-bond donors (Lipinski definition) is 1. The highest BCUT2D eigenvalue weighted by atomic mass is 32.2. The Balaban J connectivity index is 1.58. The van der Waals surface area contributed by atoms with Crippen molar-refractivity contribution in [3.8, 4) is 0 Å². The summed E-state index contributed by atoms with van der Waals surface area (Å²) in [7, 11) is -3.13. The molecule has 2 aromatic rings. The summed E-state index contributed by atoms with van der Waals surface area (Å²) < 4.78 is 24.8. The lowest BCUT2D eigenvalue weighted by molar-refractivity contribution is 0.0939. The summed E-state index contributed by atoms with van der Waals surface area (Å²) in [4.78, 5) is 17.1. The van der Waals surface area contributed by atoms with Crippen molar-refractivity contribution in [2.75, 3.05) is 19.3 Å². The van der Waals surface area contributed by atoms with Crippen molar-refractivity contribution in [2.24, 2.45) is 0 Å². The van der Waals surface area contributed by atoms with Gasteiger partial charge in [-0.15, -0.1) is 0 Å². The van der Waals surface area contributed by atoms with Crippen LogP contribution in [0.2, 0.25) is 0 Å². The number of nitrogens with zero attached hydrogens (tertiary/aromatic N) is 2. The Morgan fingerprint density at radius 1 is 1.03 bits per heavy atom. The Labute approximate surface area is 179 Å². The van der Waals surface area contributed by atoms with E-state index in [1.54, 1.807) is 12.3 Å². The zero-order valence-electron chi connectivity index (χ0n) is 18.1. The van der Waals surface area contributed by atoms with E-state index in [-0.39, 0.29) is 17.9 Å². The first kappa shape index (κ1) is 22.4. The Hall–Kier alpha value is -2.25. The van der Waals surface area contributed by atoms with Crippen molar-refractivity contribution in [3.63, 3.8) is 0 Å². The predicted molar refractivity (Wildman–Crippen MR) is 119 cm³/mol. The van der Waals surface area contributed by atoms with Crippen LogP contribution in [0.25, 0.3) is 0 Å². The Morgan fingerprint density at radius 2 is 1.63 bits per heavy atom. The molecule has 0 spiro atoms. The molecule has 30 heavy (non-hydrogen) atoms. The number of nitrogens with one attached hydrogen (secondary N) is 1. The Bertz CT molecular complexity index is 962. The van der Waals surface area contributed by atoms with E-state index < -0.39 is 10.0 Å². The number of piperidine rings is 1. The molecule has 1 saturated heterocycles. The molecule has 0 saturated carbocycles. The Morgan fingerprint density at radius 3 is 2.13 bits per heavy atom. The average Bonchev–Trinajstić information content (AvgIpc) is 2.73. The molecule has 1 amide bonds. The fourth-order valence-corrected chi connectivity index (χ4v) is 4.67. The highest BCUT2D eigenvalue weighted by Crippen LogP contribution is 2.27. The highest BCUT2D eigenvalue weighted by molar-refractivity contribution is 7.88. The number of sulfonamides is 1. The number of pyridine rings is 1. The first-order valence-corrected chi connectivity index (χ1v) is 12.3. The molecular weight excluding hydrogens is 398 g/mol. The quantitative estimate of drug-likeness (QED) is 0.757. The van der Waals surface area contributed by atoms with E-state index in [1.807, 2.05) is 13.0 Å². The monoisotopic (exact) mass is 429 g/mol. The minimum absolute atomic E-state index is 0.0984. The molecule has 0 bridgehead atoms. The van der Waals surface area contributed by atoms with Crippen LogP contribution in [-0.2, 0) is 10.0 Å². The molecule has 162 valence electrons. The number of carbonyl (C=O) groups is 1. The first-order valence-electron chi connectivity index (χ1n) is 10.5. The van der Waals surface area contributed by atoms with Gasteiger partial charge in [0.15, 0.2) is 0 Å². The summed E-state index contributed by atoms with van der Waals surface area (Å²) in [5, 5.41) is 3.03. The molecule has 3 rings (SSSR count). The number of hydrogen-bond acceptors (Lipinski definition) is 4. The smallest absolute Gasteiger partial charge is 0.253 e. The van der Waals surface area contributed by atoms with Gasteiger partial charge in [0.2, 0.25) is 10.0 Å². The first-order chi connectivity index (χ1) is 14.1. The van der Waals surface area contributed by atoms with E-state index in [0.29, 0.717) is 24.6 Å². The fourth-order valence-electron chi connectivity index (χ4n) is 3.80. The molecule has 1 aromatic heterocycles. The maximum absolute atomic E-state index is 12.6. The van der Waals surface area contributed by atoms with Crippen molar-refractivity contribution >= 4 is 15.9 Å². The number of benzene rings is 1. The third-order valence-corrected chi connectivity index (χ3v) is 7.14. The van der Waals surface area contributed by atoms with Gasteiger partial charge in [0.25, 0.3) is 5.91 Å². The number of aromatic nitrogens is 1. The van der Waals surface area contributed by atoms with Crippen LogP contribution in [0.15, 0.2) is 42.6 Å². The molecule has 2 heterocycles. The largest absolute Gasteiger partial charge is 0.345 e. The van der Waals surface area contributed by atoms with Crippen LogP contribution < -0.4 is 5.32 Å².